The van der Waals surface area contributed by atoms with E-state index in [1.807, 2.05) is 0 Å². The molecule has 0 aliphatic rings. The van der Waals surface area contributed by atoms with E-state index in [9.17, 15) is 17.1 Å². The van der Waals surface area contributed by atoms with Crippen LogP contribution in [-0.4, -0.2) is 37.4 Å². The average Bonchev–Trinajstić information content (AvgIpc) is 1.60. The van der Waals surface area contributed by atoms with E-state index < -0.39 is 22.9 Å². The van der Waals surface area contributed by atoms with E-state index in [2.05, 4.69) is 0 Å². The molecule has 0 aromatic carbocycles. The highest BCUT2D eigenvalue weighted by atomic mass is 32.3. The molecule has 0 fully saturated rings. The van der Waals surface area contributed by atoms with Gasteiger partial charge in [-0.3, -0.25) is 4.79 Å². The zero-order valence-corrected chi connectivity index (χ0v) is 5.93. The fourth-order valence-electron chi connectivity index (χ4n) is 0.268. The van der Waals surface area contributed by atoms with Crippen LogP contribution >= 0.6 is 0 Å². The van der Waals surface area contributed by atoms with Gasteiger partial charge in [0, 0.05) is 7.05 Å². The molecule has 1 N–H and O–H groups in total. The second-order valence-electron chi connectivity index (χ2n) is 1.59. The van der Waals surface area contributed by atoms with Gasteiger partial charge in [-0.25, -0.2) is 0 Å². The maximum Gasteiger partial charge on any atom is 0.375 e. The van der Waals surface area contributed by atoms with Gasteiger partial charge >= 0.3 is 16.4 Å². The summed E-state index contributed by atoms with van der Waals surface area (Å²) >= 11 is 0. The second kappa shape index (κ2) is 2.93. The predicted octanol–water partition coefficient (Wildman–Crippen LogP) is -0.783. The van der Waals surface area contributed by atoms with Crippen LogP contribution in [0.2, 0.25) is 0 Å². The van der Waals surface area contributed by atoms with E-state index in [0.717, 1.165) is 7.05 Å². The number of aliphatic carboxylic acids is 1. The molecular weight excluding hydrogens is 165 g/mol. The number of carboxylic acids is 1. The molecule has 0 radical (unpaired) electrons. The Morgan fingerprint density at radius 2 is 2.10 bits per heavy atom. The molecule has 0 spiro atoms. The van der Waals surface area contributed by atoms with Crippen LogP contribution in [0.4, 0.5) is 3.89 Å². The topological polar surface area (TPSA) is 74.7 Å². The van der Waals surface area contributed by atoms with Crippen LogP contribution < -0.4 is 0 Å². The second-order valence-corrected chi connectivity index (χ2v) is 3.04. The Balaban J connectivity index is 4.12. The fraction of sp³-hybridized carbons (Fsp3) is 0.667. The highest BCUT2D eigenvalue weighted by Crippen LogP contribution is 1.96. The van der Waals surface area contributed by atoms with Crippen molar-refractivity contribution in [3.8, 4) is 0 Å². The van der Waals surface area contributed by atoms with Crippen molar-refractivity contribution in [2.75, 3.05) is 13.6 Å². The van der Waals surface area contributed by atoms with Crippen molar-refractivity contribution in [2.45, 2.75) is 0 Å². The van der Waals surface area contributed by atoms with Gasteiger partial charge < -0.3 is 5.11 Å². The van der Waals surface area contributed by atoms with Crippen LogP contribution in [0.5, 0.6) is 0 Å². The normalized spacial score (nSPS) is 11.9. The summed E-state index contributed by atoms with van der Waals surface area (Å²) < 4.78 is 31.6. The molecule has 0 bridgehead atoms. The summed E-state index contributed by atoms with van der Waals surface area (Å²) in [5.74, 6) is -1.40. The lowest BCUT2D eigenvalue weighted by molar-refractivity contribution is -0.137. The first kappa shape index (κ1) is 9.31. The number of carboxylic acid groups (broad SMARTS) is 1. The summed E-state index contributed by atoms with van der Waals surface area (Å²) in [5.41, 5.74) is 0. The molecule has 0 heterocycles. The molecule has 7 heteroatoms. The highest BCUT2D eigenvalue weighted by molar-refractivity contribution is 7.83. The Bertz CT molecular complexity index is 223. The number of nitrogens with zero attached hydrogens (tertiary/aromatic N) is 1. The lowest BCUT2D eigenvalue weighted by atomic mass is 10.7. The van der Waals surface area contributed by atoms with Crippen molar-refractivity contribution in [3.63, 3.8) is 0 Å². The summed E-state index contributed by atoms with van der Waals surface area (Å²) in [6.07, 6.45) is 0. The van der Waals surface area contributed by atoms with Crippen molar-refractivity contribution >= 4 is 16.4 Å². The van der Waals surface area contributed by atoms with Crippen molar-refractivity contribution < 1.29 is 22.2 Å². The third kappa shape index (κ3) is 3.36. The molecule has 0 aromatic heterocycles. The summed E-state index contributed by atoms with van der Waals surface area (Å²) in [4.78, 5) is 9.78. The Labute approximate surface area is 57.4 Å². The highest BCUT2D eigenvalue weighted by Gasteiger charge is 2.17. The van der Waals surface area contributed by atoms with Crippen LogP contribution in [-0.2, 0) is 15.2 Å². The van der Waals surface area contributed by atoms with Gasteiger partial charge in [-0.05, 0) is 0 Å². The van der Waals surface area contributed by atoms with E-state index in [1.54, 1.807) is 0 Å². The molecule has 0 atom stereocenters. The molecule has 0 aliphatic heterocycles. The van der Waals surface area contributed by atoms with E-state index in [-0.39, 0.29) is 4.31 Å². The van der Waals surface area contributed by atoms with E-state index in [1.165, 1.54) is 0 Å². The van der Waals surface area contributed by atoms with Gasteiger partial charge in [0.2, 0.25) is 0 Å². The molecule has 60 valence electrons. The zero-order chi connectivity index (χ0) is 8.36. The molecule has 0 aliphatic carbocycles. The van der Waals surface area contributed by atoms with E-state index in [4.69, 9.17) is 5.11 Å². The zero-order valence-electron chi connectivity index (χ0n) is 5.11. The van der Waals surface area contributed by atoms with Crippen molar-refractivity contribution in [1.29, 1.82) is 0 Å². The van der Waals surface area contributed by atoms with Crippen molar-refractivity contribution in [1.82, 2.24) is 4.31 Å². The maximum absolute atomic E-state index is 11.8. The minimum atomic E-state index is -4.85. The van der Waals surface area contributed by atoms with Crippen LogP contribution in [0.25, 0.3) is 0 Å². The molecule has 10 heavy (non-hydrogen) atoms. The Kier molecular flexibility index (Phi) is 2.73. The van der Waals surface area contributed by atoms with Gasteiger partial charge in [0.05, 0.1) is 0 Å². The number of rotatable bonds is 3. The molecule has 0 aromatic rings. The van der Waals surface area contributed by atoms with Gasteiger partial charge in [-0.15, -0.1) is 0 Å². The van der Waals surface area contributed by atoms with E-state index in [0.29, 0.717) is 0 Å². The molecule has 0 unspecified atom stereocenters. The average molecular weight is 171 g/mol. The van der Waals surface area contributed by atoms with Gasteiger partial charge in [-0.1, -0.05) is 3.89 Å². The first-order valence-corrected chi connectivity index (χ1v) is 3.56. The lowest BCUT2D eigenvalue weighted by Crippen LogP contribution is -2.28. The van der Waals surface area contributed by atoms with Crippen molar-refractivity contribution in [3.05, 3.63) is 0 Å². The maximum atomic E-state index is 11.8. The predicted molar refractivity (Wildman–Crippen MR) is 30.3 cm³/mol. The first-order chi connectivity index (χ1) is 4.34. The van der Waals surface area contributed by atoms with Gasteiger partial charge in [0.25, 0.3) is 0 Å². The van der Waals surface area contributed by atoms with Gasteiger partial charge in [0.1, 0.15) is 6.54 Å². The van der Waals surface area contributed by atoms with Crippen LogP contribution in [0.15, 0.2) is 0 Å². The summed E-state index contributed by atoms with van der Waals surface area (Å²) in [6, 6.07) is 0. The molecule has 0 saturated carbocycles. The number of halogens is 1. The number of hydrogen-bond donors (Lipinski definition) is 1. The van der Waals surface area contributed by atoms with Crippen molar-refractivity contribution in [2.24, 2.45) is 0 Å². The molecule has 0 rings (SSSR count). The third-order valence-corrected chi connectivity index (χ3v) is 1.60. The Morgan fingerprint density at radius 1 is 1.70 bits per heavy atom. The first-order valence-electron chi connectivity index (χ1n) is 2.21. The van der Waals surface area contributed by atoms with Gasteiger partial charge in [0.15, 0.2) is 0 Å². The molecule has 5 nitrogen and oxygen atoms in total. The fourth-order valence-corrected chi connectivity index (χ4v) is 0.532. The molecular formula is C3H6FNO4S. The minimum absolute atomic E-state index is 0.0926. The Hall–Kier alpha value is -0.690. The molecule has 0 saturated heterocycles. The third-order valence-electron chi connectivity index (χ3n) is 0.730. The Morgan fingerprint density at radius 3 is 2.20 bits per heavy atom. The van der Waals surface area contributed by atoms with Crippen LogP contribution in [0.3, 0.4) is 0 Å². The monoisotopic (exact) mass is 171 g/mol. The number of hydrogen-bond acceptors (Lipinski definition) is 3. The summed E-state index contributed by atoms with van der Waals surface area (Å²) in [7, 11) is -4.01. The van der Waals surface area contributed by atoms with Crippen LogP contribution in [0, 0.1) is 0 Å². The summed E-state index contributed by atoms with van der Waals surface area (Å²) in [5, 5.41) is 7.97. The SMILES string of the molecule is CN(CC(=O)O)S(=O)(=O)F. The summed E-state index contributed by atoms with van der Waals surface area (Å²) in [6.45, 7) is -0.862. The minimum Gasteiger partial charge on any atom is -0.480 e. The number of likely N-dealkylation sites (N-methyl/N-ethyl adjacent to an activating group) is 1. The lowest BCUT2D eigenvalue weighted by Gasteiger charge is -2.05. The molecule has 0 amide bonds. The van der Waals surface area contributed by atoms with Gasteiger partial charge in [-0.2, -0.15) is 12.7 Å². The quantitative estimate of drug-likeness (QED) is 0.565. The van der Waals surface area contributed by atoms with Crippen LogP contribution in [0.1, 0.15) is 0 Å². The number of carbonyl (C=O) groups is 1. The van der Waals surface area contributed by atoms with E-state index >= 15 is 0 Å². The smallest absolute Gasteiger partial charge is 0.375 e. The largest absolute Gasteiger partial charge is 0.480 e. The standard InChI is InChI=1S/C3H6FNO4S/c1-5(2-3(6)7)10(4,8)9/h2H2,1H3,(H,6,7).